The minimum Gasteiger partial charge on any atom is -0.460 e. The molecular formula is C28H26ClN3O4S. The molecule has 0 saturated carbocycles. The number of halogens is 1. The topological polar surface area (TPSA) is 74.8 Å². The van der Waals surface area contributed by atoms with Crippen molar-refractivity contribution in [1.29, 1.82) is 0 Å². The Kier molecular flexibility index (Phi) is 6.90. The lowest BCUT2D eigenvalue weighted by atomic mass is 9.96. The van der Waals surface area contributed by atoms with E-state index in [0.29, 0.717) is 25.6 Å². The number of hydrogen-bond donors (Lipinski definition) is 0. The fourth-order valence-electron chi connectivity index (χ4n) is 4.70. The summed E-state index contributed by atoms with van der Waals surface area (Å²) in [5, 5.41) is 1.63. The number of hydrogen-bond acceptors (Lipinski definition) is 6. The zero-order chi connectivity index (χ0) is 26.3. The quantitative estimate of drug-likeness (QED) is 0.277. The van der Waals surface area contributed by atoms with Crippen LogP contribution in [0.15, 0.2) is 69.6 Å². The van der Waals surface area contributed by atoms with E-state index in [9.17, 15) is 9.59 Å². The van der Waals surface area contributed by atoms with Crippen molar-refractivity contribution >= 4 is 45.9 Å². The van der Waals surface area contributed by atoms with E-state index < -0.39 is 12.0 Å². The van der Waals surface area contributed by atoms with Gasteiger partial charge in [0.1, 0.15) is 6.61 Å². The van der Waals surface area contributed by atoms with Crippen LogP contribution in [-0.2, 0) is 21.3 Å². The second-order valence-corrected chi connectivity index (χ2v) is 10.3. The molecule has 0 saturated heterocycles. The molecule has 2 aromatic carbocycles. The van der Waals surface area contributed by atoms with E-state index in [1.807, 2.05) is 44.3 Å². The van der Waals surface area contributed by atoms with Crippen molar-refractivity contribution in [2.45, 2.75) is 19.9 Å². The Bertz CT molecular complexity index is 1730. The van der Waals surface area contributed by atoms with Gasteiger partial charge in [0.2, 0.25) is 0 Å². The van der Waals surface area contributed by atoms with Crippen molar-refractivity contribution in [3.63, 3.8) is 0 Å². The van der Waals surface area contributed by atoms with Crippen molar-refractivity contribution < 1.29 is 14.3 Å². The Hall–Kier alpha value is -3.46. The van der Waals surface area contributed by atoms with E-state index in [1.54, 1.807) is 23.6 Å². The van der Waals surface area contributed by atoms with Gasteiger partial charge in [-0.25, -0.2) is 9.79 Å². The first-order valence-electron chi connectivity index (χ1n) is 11.8. The maximum absolute atomic E-state index is 13.9. The smallest absolute Gasteiger partial charge is 0.338 e. The fourth-order valence-corrected chi connectivity index (χ4v) is 5.86. The zero-order valence-electron chi connectivity index (χ0n) is 20.9. The Morgan fingerprint density at radius 3 is 2.59 bits per heavy atom. The van der Waals surface area contributed by atoms with Gasteiger partial charge in [-0.1, -0.05) is 53.3 Å². The molecule has 0 spiro atoms. The first kappa shape index (κ1) is 25.2. The zero-order valence-corrected chi connectivity index (χ0v) is 22.5. The molecule has 0 N–H and O–H groups in total. The molecule has 1 aliphatic heterocycles. The molecule has 2 aromatic heterocycles. The number of aryl methyl sites for hydroxylation is 1. The summed E-state index contributed by atoms with van der Waals surface area (Å²) in [5.41, 5.74) is 4.49. The van der Waals surface area contributed by atoms with Crippen LogP contribution in [-0.4, -0.2) is 35.4 Å². The second kappa shape index (κ2) is 10.1. The molecule has 7 nitrogen and oxygen atoms in total. The Morgan fingerprint density at radius 2 is 1.86 bits per heavy atom. The highest BCUT2D eigenvalue weighted by molar-refractivity contribution is 7.07. The van der Waals surface area contributed by atoms with E-state index >= 15 is 0 Å². The Balaban J connectivity index is 1.71. The molecule has 190 valence electrons. The SMILES string of the molecule is COCCOC(=O)C1=C(C)N=c2sc(=Cc3c(C)n(C)c4ccccc34)c(=O)n2C1c1ccc(Cl)cc1. The van der Waals surface area contributed by atoms with Crippen LogP contribution in [0.4, 0.5) is 0 Å². The van der Waals surface area contributed by atoms with Crippen LogP contribution in [0.1, 0.15) is 29.8 Å². The molecular weight excluding hydrogens is 510 g/mol. The largest absolute Gasteiger partial charge is 0.460 e. The van der Waals surface area contributed by atoms with Crippen LogP contribution in [0.3, 0.4) is 0 Å². The van der Waals surface area contributed by atoms with Gasteiger partial charge in [0.25, 0.3) is 5.56 Å². The van der Waals surface area contributed by atoms with Crippen LogP contribution in [0.25, 0.3) is 17.0 Å². The summed E-state index contributed by atoms with van der Waals surface area (Å²) >= 11 is 7.45. The van der Waals surface area contributed by atoms with E-state index in [1.165, 1.54) is 18.4 Å². The number of aromatic nitrogens is 2. The summed E-state index contributed by atoms with van der Waals surface area (Å²) < 4.78 is 14.7. The number of allylic oxidation sites excluding steroid dienone is 1. The molecule has 1 aliphatic rings. The summed E-state index contributed by atoms with van der Waals surface area (Å²) in [4.78, 5) is 32.3. The number of thiazole rings is 1. The highest BCUT2D eigenvalue weighted by atomic mass is 35.5. The number of rotatable bonds is 6. The summed E-state index contributed by atoms with van der Waals surface area (Å²) in [6, 6.07) is 14.5. The van der Waals surface area contributed by atoms with Crippen LogP contribution < -0.4 is 14.9 Å². The summed E-state index contributed by atoms with van der Waals surface area (Å²) in [6.07, 6.45) is 1.93. The molecule has 0 radical (unpaired) electrons. The van der Waals surface area contributed by atoms with Gasteiger partial charge in [0, 0.05) is 41.3 Å². The summed E-state index contributed by atoms with van der Waals surface area (Å²) in [7, 11) is 3.56. The number of fused-ring (bicyclic) bond motifs is 2. The molecule has 5 rings (SSSR count). The first-order valence-corrected chi connectivity index (χ1v) is 13.0. The number of para-hydroxylation sites is 1. The lowest BCUT2D eigenvalue weighted by Gasteiger charge is -2.24. The highest BCUT2D eigenvalue weighted by Gasteiger charge is 2.33. The standard InChI is InChI=1S/C28H26ClN3O4S/c1-16-24(27(34)36-14-13-35-4)25(18-9-11-19(29)12-10-18)32-26(33)23(37-28(32)30-16)15-21-17(2)31(3)22-8-6-5-7-20(21)22/h5-12,15,25H,13-14H2,1-4H3. The van der Waals surface area contributed by atoms with Gasteiger partial charge in [-0.05, 0) is 43.7 Å². The highest BCUT2D eigenvalue weighted by Crippen LogP contribution is 2.31. The van der Waals surface area contributed by atoms with Gasteiger partial charge >= 0.3 is 5.97 Å². The van der Waals surface area contributed by atoms with Crippen molar-refractivity contribution in [3.05, 3.63) is 101 Å². The molecule has 1 unspecified atom stereocenters. The van der Waals surface area contributed by atoms with E-state index in [4.69, 9.17) is 21.1 Å². The second-order valence-electron chi connectivity index (χ2n) is 8.84. The third-order valence-electron chi connectivity index (χ3n) is 6.67. The maximum atomic E-state index is 13.9. The summed E-state index contributed by atoms with van der Waals surface area (Å²) in [6.45, 7) is 4.18. The van der Waals surface area contributed by atoms with Gasteiger partial charge in [-0.2, -0.15) is 0 Å². The fraction of sp³-hybridized carbons (Fsp3) is 0.250. The monoisotopic (exact) mass is 535 g/mol. The maximum Gasteiger partial charge on any atom is 0.338 e. The predicted molar refractivity (Wildman–Crippen MR) is 146 cm³/mol. The summed E-state index contributed by atoms with van der Waals surface area (Å²) in [5.74, 6) is -0.530. The van der Waals surface area contributed by atoms with Gasteiger partial charge in [-0.15, -0.1) is 0 Å². The molecule has 0 bridgehead atoms. The average Bonchev–Trinajstić information content (AvgIpc) is 3.32. The van der Waals surface area contributed by atoms with Crippen LogP contribution in [0.2, 0.25) is 5.02 Å². The van der Waals surface area contributed by atoms with Crippen LogP contribution in [0, 0.1) is 6.92 Å². The number of methoxy groups -OCH3 is 1. The first-order chi connectivity index (χ1) is 17.8. The van der Waals surface area contributed by atoms with Crippen molar-refractivity contribution in [1.82, 2.24) is 9.13 Å². The molecule has 0 aliphatic carbocycles. The van der Waals surface area contributed by atoms with Crippen LogP contribution >= 0.6 is 22.9 Å². The lowest BCUT2D eigenvalue weighted by molar-refractivity contribution is -0.140. The van der Waals surface area contributed by atoms with Gasteiger partial charge in [0.05, 0.1) is 28.5 Å². The number of carbonyl (C=O) groups is 1. The number of ether oxygens (including phenoxy) is 2. The molecule has 9 heteroatoms. The van der Waals surface area contributed by atoms with Gasteiger partial charge in [0.15, 0.2) is 4.80 Å². The number of nitrogens with zero attached hydrogens (tertiary/aromatic N) is 3. The Labute approximate surface area is 222 Å². The minimum absolute atomic E-state index is 0.101. The Morgan fingerprint density at radius 1 is 1.14 bits per heavy atom. The average molecular weight is 536 g/mol. The van der Waals surface area contributed by atoms with Crippen molar-refractivity contribution in [2.24, 2.45) is 12.0 Å². The third-order valence-corrected chi connectivity index (χ3v) is 7.91. The normalized spacial score (nSPS) is 15.7. The van der Waals surface area contributed by atoms with Crippen molar-refractivity contribution in [2.75, 3.05) is 20.3 Å². The minimum atomic E-state index is -0.695. The molecule has 4 aromatic rings. The predicted octanol–water partition coefficient (Wildman–Crippen LogP) is 3.88. The molecule has 0 amide bonds. The van der Waals surface area contributed by atoms with E-state index in [-0.39, 0.29) is 18.8 Å². The number of carbonyl (C=O) groups excluding carboxylic acids is 1. The van der Waals surface area contributed by atoms with Crippen LogP contribution in [0.5, 0.6) is 0 Å². The number of benzene rings is 2. The molecule has 1 atom stereocenters. The van der Waals surface area contributed by atoms with Crippen molar-refractivity contribution in [3.8, 4) is 0 Å². The molecule has 3 heterocycles. The van der Waals surface area contributed by atoms with Gasteiger partial charge in [-0.3, -0.25) is 9.36 Å². The van der Waals surface area contributed by atoms with Gasteiger partial charge < -0.3 is 14.0 Å². The lowest BCUT2D eigenvalue weighted by Crippen LogP contribution is -2.40. The van der Waals surface area contributed by atoms with E-state index in [2.05, 4.69) is 21.7 Å². The number of esters is 1. The molecule has 37 heavy (non-hydrogen) atoms. The molecule has 0 fully saturated rings. The third kappa shape index (κ3) is 4.45. The van der Waals surface area contributed by atoms with E-state index in [0.717, 1.165) is 27.7 Å².